The number of H-pyrrole nitrogens is 1. The van der Waals surface area contributed by atoms with Gasteiger partial charge in [-0.2, -0.15) is 0 Å². The summed E-state index contributed by atoms with van der Waals surface area (Å²) in [6.07, 6.45) is 1.33. The number of rotatable bonds is 4. The van der Waals surface area contributed by atoms with Gasteiger partial charge in [-0.3, -0.25) is 4.79 Å². The Labute approximate surface area is 195 Å². The average Bonchev–Trinajstić information content (AvgIpc) is 3.27. The molecule has 0 saturated carbocycles. The first-order chi connectivity index (χ1) is 16.5. The summed E-state index contributed by atoms with van der Waals surface area (Å²) in [6, 6.07) is 22.3. The predicted octanol–water partition coefficient (Wildman–Crippen LogP) is 3.46. The zero-order valence-electron chi connectivity index (χ0n) is 18.6. The number of nitrogens with one attached hydrogen (secondary N) is 1. The molecule has 7 heteroatoms. The van der Waals surface area contributed by atoms with Crippen molar-refractivity contribution in [2.24, 2.45) is 0 Å². The quantitative estimate of drug-likeness (QED) is 0.491. The Morgan fingerprint density at radius 1 is 0.971 bits per heavy atom. The van der Waals surface area contributed by atoms with E-state index in [1.807, 2.05) is 54.6 Å². The lowest BCUT2D eigenvalue weighted by Crippen LogP contribution is -2.49. The molecule has 1 aliphatic carbocycles. The van der Waals surface area contributed by atoms with Crippen molar-refractivity contribution in [1.82, 2.24) is 9.97 Å². The van der Waals surface area contributed by atoms with Crippen molar-refractivity contribution in [1.29, 1.82) is 0 Å². The van der Waals surface area contributed by atoms with Gasteiger partial charge in [-0.05, 0) is 29.8 Å². The van der Waals surface area contributed by atoms with Gasteiger partial charge in [0.15, 0.2) is 11.2 Å². The standard InChI is InChI=1S/C27H22N2O5/c1-32-18-10-8-17(9-11-18)27-23(16-6-4-3-5-7-16)22-24(28-15-29-25(22)30)26(27,31)20-13-12-19(33-2)14-21(20)34-27/h3-15,23,31H,1-2H3,(H,28,29,30). The van der Waals surface area contributed by atoms with E-state index in [0.29, 0.717) is 33.9 Å². The molecule has 34 heavy (non-hydrogen) atoms. The largest absolute Gasteiger partial charge is 0.497 e. The molecular formula is C27H22N2O5. The Morgan fingerprint density at radius 3 is 2.38 bits per heavy atom. The fraction of sp³-hybridized carbons (Fsp3) is 0.185. The summed E-state index contributed by atoms with van der Waals surface area (Å²) in [5.74, 6) is 1.11. The second-order valence-corrected chi connectivity index (χ2v) is 8.48. The van der Waals surface area contributed by atoms with Crippen molar-refractivity contribution in [3.8, 4) is 17.2 Å². The molecule has 1 aliphatic heterocycles. The van der Waals surface area contributed by atoms with E-state index in [0.717, 1.165) is 5.56 Å². The van der Waals surface area contributed by atoms with Gasteiger partial charge in [-0.1, -0.05) is 42.5 Å². The molecule has 0 fully saturated rings. The maximum Gasteiger partial charge on any atom is 0.255 e. The van der Waals surface area contributed by atoms with Crippen molar-refractivity contribution in [3.05, 3.63) is 117 Å². The normalized spacial score (nSPS) is 24.0. The molecular weight excluding hydrogens is 432 g/mol. The van der Waals surface area contributed by atoms with Crippen LogP contribution in [0.2, 0.25) is 0 Å². The van der Waals surface area contributed by atoms with E-state index in [1.54, 1.807) is 32.4 Å². The van der Waals surface area contributed by atoms with E-state index in [2.05, 4.69) is 9.97 Å². The fourth-order valence-corrected chi connectivity index (χ4v) is 5.52. The Bertz CT molecular complexity index is 1450. The third-order valence-electron chi connectivity index (χ3n) is 6.97. The molecule has 3 unspecified atom stereocenters. The van der Waals surface area contributed by atoms with Crippen molar-refractivity contribution < 1.29 is 19.3 Å². The molecule has 3 aromatic carbocycles. The smallest absolute Gasteiger partial charge is 0.255 e. The Morgan fingerprint density at radius 2 is 1.68 bits per heavy atom. The first kappa shape index (κ1) is 20.5. The number of hydrogen-bond acceptors (Lipinski definition) is 6. The summed E-state index contributed by atoms with van der Waals surface area (Å²) < 4.78 is 17.5. The number of benzene rings is 3. The number of ether oxygens (including phenoxy) is 3. The third-order valence-corrected chi connectivity index (χ3v) is 6.97. The highest BCUT2D eigenvalue weighted by atomic mass is 16.5. The maximum atomic E-state index is 13.3. The first-order valence-electron chi connectivity index (χ1n) is 10.9. The Hall–Kier alpha value is -4.10. The van der Waals surface area contributed by atoms with Crippen LogP contribution in [0.25, 0.3) is 0 Å². The van der Waals surface area contributed by atoms with E-state index >= 15 is 0 Å². The van der Waals surface area contributed by atoms with E-state index in [-0.39, 0.29) is 11.3 Å². The lowest BCUT2D eigenvalue weighted by Gasteiger charge is -2.40. The van der Waals surface area contributed by atoms with Crippen molar-refractivity contribution in [3.63, 3.8) is 0 Å². The molecule has 6 rings (SSSR count). The molecule has 1 aromatic heterocycles. The Balaban J connectivity index is 1.74. The number of nitrogens with zero attached hydrogens (tertiary/aromatic N) is 1. The topological polar surface area (TPSA) is 93.7 Å². The average molecular weight is 454 g/mol. The molecule has 2 aliphatic rings. The van der Waals surface area contributed by atoms with Crippen LogP contribution in [0.3, 0.4) is 0 Å². The van der Waals surface area contributed by atoms with E-state index < -0.39 is 17.1 Å². The van der Waals surface area contributed by atoms with E-state index in [9.17, 15) is 9.90 Å². The molecule has 2 heterocycles. The minimum Gasteiger partial charge on any atom is -0.497 e. The maximum absolute atomic E-state index is 13.3. The lowest BCUT2D eigenvalue weighted by molar-refractivity contribution is -0.0904. The number of fused-ring (bicyclic) bond motifs is 5. The van der Waals surface area contributed by atoms with Gasteiger partial charge < -0.3 is 24.3 Å². The number of aromatic amines is 1. The Kier molecular flexibility index (Phi) is 4.34. The van der Waals surface area contributed by atoms with Crippen molar-refractivity contribution >= 4 is 0 Å². The summed E-state index contributed by atoms with van der Waals surface area (Å²) in [7, 11) is 3.17. The molecule has 0 saturated heterocycles. The van der Waals surface area contributed by atoms with Crippen LogP contribution in [0.5, 0.6) is 17.2 Å². The summed E-state index contributed by atoms with van der Waals surface area (Å²) in [6.45, 7) is 0. The van der Waals surface area contributed by atoms with Crippen molar-refractivity contribution in [2.45, 2.75) is 17.1 Å². The first-order valence-corrected chi connectivity index (χ1v) is 10.9. The molecule has 0 bridgehead atoms. The van der Waals surface area contributed by atoms with Gasteiger partial charge in [0.25, 0.3) is 5.56 Å². The second-order valence-electron chi connectivity index (χ2n) is 8.48. The number of hydrogen-bond donors (Lipinski definition) is 2. The number of methoxy groups -OCH3 is 2. The summed E-state index contributed by atoms with van der Waals surface area (Å²) in [5.41, 5.74) is -0.716. The zero-order chi connectivity index (χ0) is 23.5. The molecule has 7 nitrogen and oxygen atoms in total. The second kappa shape index (κ2) is 7.20. The number of aliphatic hydroxyl groups is 1. The SMILES string of the molecule is COc1ccc(C23Oc4cc(OC)ccc4C2(O)c2nc[nH]c(=O)c2C3c2ccccc2)cc1. The zero-order valence-corrected chi connectivity index (χ0v) is 18.6. The minimum atomic E-state index is -1.73. The van der Waals surface area contributed by atoms with Crippen LogP contribution in [-0.2, 0) is 11.2 Å². The van der Waals surface area contributed by atoms with Gasteiger partial charge in [0.1, 0.15) is 17.2 Å². The van der Waals surface area contributed by atoms with E-state index in [4.69, 9.17) is 14.2 Å². The summed E-state index contributed by atoms with van der Waals surface area (Å²) >= 11 is 0. The van der Waals surface area contributed by atoms with Gasteiger partial charge >= 0.3 is 0 Å². The van der Waals surface area contributed by atoms with Crippen LogP contribution in [0.15, 0.2) is 83.9 Å². The van der Waals surface area contributed by atoms with Crippen LogP contribution in [0, 0.1) is 0 Å². The van der Waals surface area contributed by atoms with Crippen LogP contribution in [-0.4, -0.2) is 29.3 Å². The highest BCUT2D eigenvalue weighted by Crippen LogP contribution is 2.67. The molecule has 4 aromatic rings. The van der Waals surface area contributed by atoms with Crippen LogP contribution in [0.1, 0.15) is 33.9 Å². The highest BCUT2D eigenvalue weighted by molar-refractivity contribution is 5.64. The van der Waals surface area contributed by atoms with Gasteiger partial charge in [0.2, 0.25) is 0 Å². The summed E-state index contributed by atoms with van der Waals surface area (Å²) in [4.78, 5) is 20.5. The third kappa shape index (κ3) is 2.44. The minimum absolute atomic E-state index is 0.282. The molecule has 2 N–H and O–H groups in total. The predicted molar refractivity (Wildman–Crippen MR) is 124 cm³/mol. The molecule has 0 radical (unpaired) electrons. The highest BCUT2D eigenvalue weighted by Gasteiger charge is 2.72. The summed E-state index contributed by atoms with van der Waals surface area (Å²) in [5, 5.41) is 12.7. The fourth-order valence-electron chi connectivity index (χ4n) is 5.52. The van der Waals surface area contributed by atoms with Crippen LogP contribution >= 0.6 is 0 Å². The lowest BCUT2D eigenvalue weighted by atomic mass is 9.70. The van der Waals surface area contributed by atoms with Crippen molar-refractivity contribution in [2.75, 3.05) is 14.2 Å². The van der Waals surface area contributed by atoms with Crippen LogP contribution < -0.4 is 19.8 Å². The van der Waals surface area contributed by atoms with Gasteiger partial charge in [-0.25, -0.2) is 4.98 Å². The van der Waals surface area contributed by atoms with Gasteiger partial charge in [0.05, 0.1) is 37.7 Å². The van der Waals surface area contributed by atoms with Gasteiger partial charge in [0, 0.05) is 17.2 Å². The molecule has 170 valence electrons. The van der Waals surface area contributed by atoms with Gasteiger partial charge in [-0.15, -0.1) is 0 Å². The molecule has 0 amide bonds. The monoisotopic (exact) mass is 454 g/mol. The molecule has 0 spiro atoms. The van der Waals surface area contributed by atoms with E-state index in [1.165, 1.54) is 6.33 Å². The van der Waals surface area contributed by atoms with Crippen LogP contribution in [0.4, 0.5) is 0 Å². The molecule has 3 atom stereocenters. The number of aromatic nitrogens is 2.